The van der Waals surface area contributed by atoms with Crippen molar-refractivity contribution in [3.63, 3.8) is 0 Å². The van der Waals surface area contributed by atoms with Crippen LogP contribution in [0.1, 0.15) is 12.6 Å². The van der Waals surface area contributed by atoms with E-state index in [1.165, 1.54) is 5.69 Å². The van der Waals surface area contributed by atoms with Crippen molar-refractivity contribution in [2.75, 3.05) is 53.0 Å². The van der Waals surface area contributed by atoms with Gasteiger partial charge in [0.25, 0.3) is 0 Å². The number of rotatable bonds is 6. The maximum Gasteiger partial charge on any atom is 0.194 e. The maximum atomic E-state index is 5.37. The Balaban J connectivity index is 1.86. The fourth-order valence-corrected chi connectivity index (χ4v) is 2.57. The number of aryl methyl sites for hydroxylation is 1. The van der Waals surface area contributed by atoms with Crippen molar-refractivity contribution in [1.29, 1.82) is 0 Å². The molecule has 6 nitrogen and oxygen atoms in total. The van der Waals surface area contributed by atoms with Crippen LogP contribution in [-0.4, -0.2) is 73.3 Å². The highest BCUT2D eigenvalue weighted by molar-refractivity contribution is 5.79. The summed E-state index contributed by atoms with van der Waals surface area (Å²) in [6, 6.07) is 4.22. The third-order valence-electron chi connectivity index (χ3n) is 3.93. The minimum absolute atomic E-state index is 0.819. The first-order valence-electron chi connectivity index (χ1n) is 8.10. The summed E-state index contributed by atoms with van der Waals surface area (Å²) in [5.74, 6) is 0.969. The molecule has 0 aromatic carbocycles. The van der Waals surface area contributed by atoms with Crippen LogP contribution >= 0.6 is 0 Å². The summed E-state index contributed by atoms with van der Waals surface area (Å²) in [5, 5.41) is 3.38. The number of nitrogens with one attached hydrogen (secondary N) is 1. The van der Waals surface area contributed by atoms with Gasteiger partial charge in [-0.2, -0.15) is 0 Å². The third kappa shape index (κ3) is 5.03. The molecule has 0 unspecified atom stereocenters. The summed E-state index contributed by atoms with van der Waals surface area (Å²) >= 11 is 0. The fraction of sp³-hybridized carbons (Fsp3) is 0.688. The predicted molar refractivity (Wildman–Crippen MR) is 90.1 cm³/mol. The second-order valence-corrected chi connectivity index (χ2v) is 5.66. The van der Waals surface area contributed by atoms with E-state index in [9.17, 15) is 0 Å². The zero-order chi connectivity index (χ0) is 15.8. The van der Waals surface area contributed by atoms with Crippen LogP contribution in [0.4, 0.5) is 0 Å². The lowest BCUT2D eigenvalue weighted by atomic mass is 10.4. The molecule has 124 valence electrons. The second-order valence-electron chi connectivity index (χ2n) is 5.66. The van der Waals surface area contributed by atoms with E-state index in [1.807, 2.05) is 0 Å². The Morgan fingerprint density at radius 3 is 2.82 bits per heavy atom. The van der Waals surface area contributed by atoms with E-state index in [0.29, 0.717) is 0 Å². The van der Waals surface area contributed by atoms with Gasteiger partial charge in [-0.1, -0.05) is 0 Å². The van der Waals surface area contributed by atoms with Crippen molar-refractivity contribution in [3.8, 4) is 0 Å². The van der Waals surface area contributed by atoms with Gasteiger partial charge in [-0.15, -0.1) is 0 Å². The van der Waals surface area contributed by atoms with Gasteiger partial charge in [0, 0.05) is 52.2 Å². The van der Waals surface area contributed by atoms with Crippen LogP contribution < -0.4 is 5.32 Å². The minimum atomic E-state index is 0.819. The summed E-state index contributed by atoms with van der Waals surface area (Å²) in [7, 11) is 4.16. The molecule has 0 saturated carbocycles. The summed E-state index contributed by atoms with van der Waals surface area (Å²) in [6.07, 6.45) is 2.08. The van der Waals surface area contributed by atoms with Crippen LogP contribution in [0.25, 0.3) is 0 Å². The Bertz CT molecular complexity index is 465. The largest absolute Gasteiger partial charge is 0.379 e. The van der Waals surface area contributed by atoms with Gasteiger partial charge >= 0.3 is 0 Å². The van der Waals surface area contributed by atoms with Gasteiger partial charge in [0.15, 0.2) is 5.96 Å². The number of guanidine groups is 1. The summed E-state index contributed by atoms with van der Waals surface area (Å²) in [6.45, 7) is 9.38. The van der Waals surface area contributed by atoms with Crippen LogP contribution in [0, 0.1) is 0 Å². The average molecular weight is 307 g/mol. The minimum Gasteiger partial charge on any atom is -0.379 e. The smallest absolute Gasteiger partial charge is 0.194 e. The Morgan fingerprint density at radius 2 is 2.18 bits per heavy atom. The molecule has 0 amide bonds. The molecule has 6 heteroatoms. The van der Waals surface area contributed by atoms with Crippen molar-refractivity contribution in [3.05, 3.63) is 24.0 Å². The van der Waals surface area contributed by atoms with E-state index in [0.717, 1.165) is 58.4 Å². The molecule has 2 rings (SSSR count). The SMILES string of the molecule is CCNC(=NCCN1CCOCC1)N(C)Cc1cccn1C. The van der Waals surface area contributed by atoms with Crippen molar-refractivity contribution >= 4 is 5.96 Å². The lowest BCUT2D eigenvalue weighted by molar-refractivity contribution is 0.0394. The fourth-order valence-electron chi connectivity index (χ4n) is 2.57. The molecule has 0 bridgehead atoms. The van der Waals surface area contributed by atoms with Gasteiger partial charge in [-0.25, -0.2) is 0 Å². The van der Waals surface area contributed by atoms with Crippen LogP contribution in [0.15, 0.2) is 23.3 Å². The first-order chi connectivity index (χ1) is 10.7. The van der Waals surface area contributed by atoms with Crippen molar-refractivity contribution in [1.82, 2.24) is 19.7 Å². The van der Waals surface area contributed by atoms with E-state index >= 15 is 0 Å². The molecule has 1 aliphatic rings. The molecule has 1 N–H and O–H groups in total. The standard InChI is InChI=1S/C16H29N5O/c1-4-17-16(18-7-9-21-10-12-22-13-11-21)20(3)14-15-6-5-8-19(15)2/h5-6,8H,4,7,9-14H2,1-3H3,(H,17,18). The van der Waals surface area contributed by atoms with Gasteiger partial charge < -0.3 is 19.5 Å². The van der Waals surface area contributed by atoms with Crippen LogP contribution in [0.5, 0.6) is 0 Å². The number of nitrogens with zero attached hydrogens (tertiary/aromatic N) is 4. The van der Waals surface area contributed by atoms with Gasteiger partial charge in [0.2, 0.25) is 0 Å². The predicted octanol–water partition coefficient (Wildman–Crippen LogP) is 0.755. The highest BCUT2D eigenvalue weighted by atomic mass is 16.5. The maximum absolute atomic E-state index is 5.37. The number of morpholine rings is 1. The summed E-state index contributed by atoms with van der Waals surface area (Å²) < 4.78 is 7.52. The molecule has 1 aromatic heterocycles. The zero-order valence-electron chi connectivity index (χ0n) is 14.1. The van der Waals surface area contributed by atoms with E-state index in [1.54, 1.807) is 0 Å². The summed E-state index contributed by atoms with van der Waals surface area (Å²) in [5.41, 5.74) is 1.28. The van der Waals surface area contributed by atoms with Gasteiger partial charge in [0.1, 0.15) is 0 Å². The Labute approximate surface area is 133 Å². The quantitative estimate of drug-likeness (QED) is 0.622. The van der Waals surface area contributed by atoms with Crippen LogP contribution in [0.2, 0.25) is 0 Å². The van der Waals surface area contributed by atoms with Crippen molar-refractivity contribution < 1.29 is 4.74 Å². The van der Waals surface area contributed by atoms with Gasteiger partial charge in [0.05, 0.1) is 26.3 Å². The molecule has 22 heavy (non-hydrogen) atoms. The molecule has 1 fully saturated rings. The monoisotopic (exact) mass is 307 g/mol. The molecule has 2 heterocycles. The molecule has 1 aromatic rings. The van der Waals surface area contributed by atoms with E-state index < -0.39 is 0 Å². The molecule has 1 aliphatic heterocycles. The highest BCUT2D eigenvalue weighted by Crippen LogP contribution is 2.04. The number of aromatic nitrogens is 1. The highest BCUT2D eigenvalue weighted by Gasteiger charge is 2.11. The van der Waals surface area contributed by atoms with Crippen molar-refractivity contribution in [2.45, 2.75) is 13.5 Å². The normalized spacial score (nSPS) is 16.8. The van der Waals surface area contributed by atoms with Crippen LogP contribution in [-0.2, 0) is 18.3 Å². The molecule has 0 radical (unpaired) electrons. The molecule has 0 atom stereocenters. The number of ether oxygens (including phenoxy) is 1. The van der Waals surface area contributed by atoms with E-state index in [4.69, 9.17) is 9.73 Å². The van der Waals surface area contributed by atoms with Gasteiger partial charge in [-0.05, 0) is 19.1 Å². The van der Waals surface area contributed by atoms with E-state index in [2.05, 4.69) is 59.0 Å². The number of hydrogen-bond donors (Lipinski definition) is 1. The number of hydrogen-bond acceptors (Lipinski definition) is 3. The third-order valence-corrected chi connectivity index (χ3v) is 3.93. The lowest BCUT2D eigenvalue weighted by Gasteiger charge is -2.26. The van der Waals surface area contributed by atoms with Crippen molar-refractivity contribution in [2.24, 2.45) is 12.0 Å². The van der Waals surface area contributed by atoms with Crippen LogP contribution in [0.3, 0.4) is 0 Å². The Morgan fingerprint density at radius 1 is 1.41 bits per heavy atom. The Hall–Kier alpha value is -1.53. The van der Waals surface area contributed by atoms with Gasteiger partial charge in [-0.3, -0.25) is 9.89 Å². The Kier molecular flexibility index (Phi) is 6.74. The lowest BCUT2D eigenvalue weighted by Crippen LogP contribution is -2.40. The zero-order valence-corrected chi connectivity index (χ0v) is 14.1. The number of aliphatic imine (C=N–C) groups is 1. The first kappa shape index (κ1) is 16.8. The molecule has 0 aliphatic carbocycles. The average Bonchev–Trinajstić information content (AvgIpc) is 2.92. The molecule has 0 spiro atoms. The van der Waals surface area contributed by atoms with E-state index in [-0.39, 0.29) is 0 Å². The first-order valence-corrected chi connectivity index (χ1v) is 8.10. The topological polar surface area (TPSA) is 45.0 Å². The molecule has 1 saturated heterocycles. The molecular weight excluding hydrogens is 278 g/mol. The second kappa shape index (κ2) is 8.80. The summed E-state index contributed by atoms with van der Waals surface area (Å²) in [4.78, 5) is 9.35. The molecular formula is C16H29N5O.